The molecular formula is C22H18N6. The summed E-state index contributed by atoms with van der Waals surface area (Å²) in [6, 6.07) is 20.5. The number of pyridine rings is 1. The fourth-order valence-corrected chi connectivity index (χ4v) is 3.57. The lowest BCUT2D eigenvalue weighted by atomic mass is 10.1. The molecule has 0 fully saturated rings. The summed E-state index contributed by atoms with van der Waals surface area (Å²) in [6.07, 6.45) is 4.30. The zero-order valence-electron chi connectivity index (χ0n) is 15.1. The number of benzene rings is 2. The Kier molecular flexibility index (Phi) is 3.69. The number of aromatic nitrogens is 3. The van der Waals surface area contributed by atoms with E-state index in [1.165, 1.54) is 0 Å². The van der Waals surface area contributed by atoms with E-state index in [0.29, 0.717) is 23.4 Å². The molecule has 0 radical (unpaired) electrons. The second kappa shape index (κ2) is 6.35. The monoisotopic (exact) mass is 366 g/mol. The van der Waals surface area contributed by atoms with Crippen LogP contribution in [0.3, 0.4) is 0 Å². The Morgan fingerprint density at radius 1 is 0.714 bits per heavy atom. The van der Waals surface area contributed by atoms with Gasteiger partial charge in [0, 0.05) is 11.4 Å². The first-order valence-electron chi connectivity index (χ1n) is 9.01. The predicted octanol–water partition coefficient (Wildman–Crippen LogP) is 4.01. The molecular weight excluding hydrogens is 348 g/mol. The Bertz CT molecular complexity index is 1180. The van der Waals surface area contributed by atoms with Gasteiger partial charge in [0.1, 0.15) is 5.52 Å². The van der Waals surface area contributed by atoms with Crippen LogP contribution in [0.25, 0.3) is 23.2 Å². The Hall–Kier alpha value is -3.93. The summed E-state index contributed by atoms with van der Waals surface area (Å²) in [5, 5.41) is 0. The lowest BCUT2D eigenvalue weighted by Crippen LogP contribution is -2.18. The number of nitrogen functional groups attached to an aromatic ring is 2. The number of fused-ring (bicyclic) bond motifs is 3. The largest absolute Gasteiger partial charge is 0.382 e. The van der Waals surface area contributed by atoms with Gasteiger partial charge in [-0.2, -0.15) is 4.98 Å². The Balaban J connectivity index is 1.63. The second-order valence-corrected chi connectivity index (χ2v) is 6.67. The summed E-state index contributed by atoms with van der Waals surface area (Å²) in [6.45, 7) is 0.593. The SMILES string of the molecule is Nc1nc(N)c2nc(CN3c4ccccc4C=Cc4ccccc43)ccc2n1. The van der Waals surface area contributed by atoms with E-state index in [2.05, 4.69) is 63.4 Å². The molecule has 4 N–H and O–H groups in total. The molecule has 2 aromatic carbocycles. The van der Waals surface area contributed by atoms with E-state index in [9.17, 15) is 0 Å². The van der Waals surface area contributed by atoms with Crippen molar-refractivity contribution >= 4 is 46.3 Å². The quantitative estimate of drug-likeness (QED) is 0.557. The highest BCUT2D eigenvalue weighted by molar-refractivity contribution is 5.89. The van der Waals surface area contributed by atoms with Crippen molar-refractivity contribution in [3.05, 3.63) is 77.5 Å². The molecule has 6 heteroatoms. The molecule has 0 saturated heterocycles. The molecule has 1 aliphatic rings. The second-order valence-electron chi connectivity index (χ2n) is 6.67. The third kappa shape index (κ3) is 2.72. The molecule has 0 amide bonds. The average Bonchev–Trinajstić information content (AvgIpc) is 2.86. The highest BCUT2D eigenvalue weighted by atomic mass is 15.2. The van der Waals surface area contributed by atoms with E-state index in [1.54, 1.807) is 0 Å². The van der Waals surface area contributed by atoms with E-state index < -0.39 is 0 Å². The zero-order valence-corrected chi connectivity index (χ0v) is 15.1. The Labute approximate surface area is 162 Å². The lowest BCUT2D eigenvalue weighted by molar-refractivity contribution is 0.933. The van der Waals surface area contributed by atoms with Crippen molar-refractivity contribution in [3.8, 4) is 0 Å². The van der Waals surface area contributed by atoms with E-state index in [1.807, 2.05) is 24.3 Å². The number of para-hydroxylation sites is 2. The first-order chi connectivity index (χ1) is 13.7. The maximum atomic E-state index is 6.02. The number of nitrogens with two attached hydrogens (primary N) is 2. The standard InChI is InChI=1S/C22H18N6/c23-21-20-17(26-22(24)27-21)12-11-16(25-20)13-28-18-7-3-1-5-14(18)9-10-15-6-2-4-8-19(15)28/h1-12H,13H2,(H4,23,24,26,27). The minimum atomic E-state index is 0.154. The molecule has 3 heterocycles. The van der Waals surface area contributed by atoms with Crippen LogP contribution in [-0.2, 0) is 6.54 Å². The van der Waals surface area contributed by atoms with Gasteiger partial charge in [-0.05, 0) is 35.4 Å². The van der Waals surface area contributed by atoms with Gasteiger partial charge in [0.15, 0.2) is 5.82 Å². The topological polar surface area (TPSA) is 93.9 Å². The van der Waals surface area contributed by atoms with Crippen molar-refractivity contribution in [2.24, 2.45) is 0 Å². The number of anilines is 4. The van der Waals surface area contributed by atoms with Gasteiger partial charge in [-0.15, -0.1) is 0 Å². The molecule has 0 saturated carbocycles. The maximum absolute atomic E-state index is 6.02. The predicted molar refractivity (Wildman–Crippen MR) is 114 cm³/mol. The first-order valence-corrected chi connectivity index (χ1v) is 9.01. The minimum absolute atomic E-state index is 0.154. The lowest BCUT2D eigenvalue weighted by Gasteiger charge is -2.26. The molecule has 0 bridgehead atoms. The average molecular weight is 366 g/mol. The molecule has 2 aromatic heterocycles. The van der Waals surface area contributed by atoms with E-state index in [0.717, 1.165) is 28.2 Å². The van der Waals surface area contributed by atoms with Gasteiger partial charge >= 0.3 is 0 Å². The van der Waals surface area contributed by atoms with Gasteiger partial charge in [-0.25, -0.2) is 9.97 Å². The third-order valence-corrected chi connectivity index (χ3v) is 4.86. The highest BCUT2D eigenvalue weighted by Gasteiger charge is 2.18. The van der Waals surface area contributed by atoms with Crippen molar-refractivity contribution < 1.29 is 0 Å². The van der Waals surface area contributed by atoms with Crippen molar-refractivity contribution in [1.82, 2.24) is 15.0 Å². The van der Waals surface area contributed by atoms with Crippen molar-refractivity contribution in [3.63, 3.8) is 0 Å². The summed E-state index contributed by atoms with van der Waals surface area (Å²) >= 11 is 0. The zero-order chi connectivity index (χ0) is 19.1. The van der Waals surface area contributed by atoms with Gasteiger partial charge in [-0.3, -0.25) is 0 Å². The Morgan fingerprint density at radius 3 is 2.04 bits per heavy atom. The summed E-state index contributed by atoms with van der Waals surface area (Å²) in [7, 11) is 0. The van der Waals surface area contributed by atoms with Crippen molar-refractivity contribution in [1.29, 1.82) is 0 Å². The Morgan fingerprint density at radius 2 is 1.36 bits per heavy atom. The third-order valence-electron chi connectivity index (χ3n) is 4.86. The van der Waals surface area contributed by atoms with Crippen LogP contribution in [0.1, 0.15) is 16.8 Å². The molecule has 0 unspecified atom stereocenters. The van der Waals surface area contributed by atoms with Crippen molar-refractivity contribution in [2.45, 2.75) is 6.54 Å². The van der Waals surface area contributed by atoms with Crippen LogP contribution in [0.2, 0.25) is 0 Å². The van der Waals surface area contributed by atoms with E-state index in [-0.39, 0.29) is 5.95 Å². The van der Waals surface area contributed by atoms with Gasteiger partial charge < -0.3 is 16.4 Å². The van der Waals surface area contributed by atoms with E-state index >= 15 is 0 Å². The normalized spacial score (nSPS) is 12.5. The number of nitrogens with zero attached hydrogens (tertiary/aromatic N) is 4. The van der Waals surface area contributed by atoms with Gasteiger partial charge in [-0.1, -0.05) is 48.6 Å². The van der Waals surface area contributed by atoms with Crippen LogP contribution < -0.4 is 16.4 Å². The molecule has 0 atom stereocenters. The van der Waals surface area contributed by atoms with Crippen molar-refractivity contribution in [2.75, 3.05) is 16.4 Å². The molecule has 28 heavy (non-hydrogen) atoms. The van der Waals surface area contributed by atoms with Gasteiger partial charge in [0.2, 0.25) is 5.95 Å². The minimum Gasteiger partial charge on any atom is -0.382 e. The summed E-state index contributed by atoms with van der Waals surface area (Å²) in [4.78, 5) is 15.2. The fraction of sp³-hybridized carbons (Fsp3) is 0.0455. The molecule has 4 aromatic rings. The molecule has 6 nitrogen and oxygen atoms in total. The van der Waals surface area contributed by atoms with Gasteiger partial charge in [0.25, 0.3) is 0 Å². The van der Waals surface area contributed by atoms with Crippen LogP contribution in [0, 0.1) is 0 Å². The van der Waals surface area contributed by atoms with Crippen LogP contribution in [0.15, 0.2) is 60.7 Å². The highest BCUT2D eigenvalue weighted by Crippen LogP contribution is 2.37. The molecule has 136 valence electrons. The molecule has 5 rings (SSSR count). The van der Waals surface area contributed by atoms with Crippen LogP contribution >= 0.6 is 0 Å². The van der Waals surface area contributed by atoms with Gasteiger partial charge in [0.05, 0.1) is 17.8 Å². The maximum Gasteiger partial charge on any atom is 0.222 e. The molecule has 1 aliphatic heterocycles. The van der Waals surface area contributed by atoms with Crippen LogP contribution in [0.5, 0.6) is 0 Å². The summed E-state index contributed by atoms with van der Waals surface area (Å²) in [5.74, 6) is 0.448. The smallest absolute Gasteiger partial charge is 0.222 e. The van der Waals surface area contributed by atoms with Crippen LogP contribution in [-0.4, -0.2) is 15.0 Å². The number of hydrogen-bond acceptors (Lipinski definition) is 6. The fourth-order valence-electron chi connectivity index (χ4n) is 3.57. The summed E-state index contributed by atoms with van der Waals surface area (Å²) < 4.78 is 0. The summed E-state index contributed by atoms with van der Waals surface area (Å²) in [5.41, 5.74) is 18.4. The molecule has 0 spiro atoms. The molecule has 0 aliphatic carbocycles. The number of rotatable bonds is 2. The van der Waals surface area contributed by atoms with Crippen LogP contribution in [0.4, 0.5) is 23.1 Å². The first kappa shape index (κ1) is 16.3. The number of hydrogen-bond donors (Lipinski definition) is 2. The van der Waals surface area contributed by atoms with E-state index in [4.69, 9.17) is 16.5 Å².